The van der Waals surface area contributed by atoms with E-state index in [-0.39, 0.29) is 5.91 Å². The fourth-order valence-corrected chi connectivity index (χ4v) is 2.85. The van der Waals surface area contributed by atoms with E-state index in [0.29, 0.717) is 12.1 Å². The molecular formula is C17H22N4O. The van der Waals surface area contributed by atoms with Crippen LogP contribution in [0.1, 0.15) is 16.1 Å². The van der Waals surface area contributed by atoms with Gasteiger partial charge in [-0.2, -0.15) is 0 Å². The van der Waals surface area contributed by atoms with Crippen molar-refractivity contribution in [1.29, 1.82) is 0 Å². The lowest BCUT2D eigenvalue weighted by Gasteiger charge is -2.27. The van der Waals surface area contributed by atoms with Crippen LogP contribution in [0.15, 0.2) is 30.3 Å². The monoisotopic (exact) mass is 298 g/mol. The first-order chi connectivity index (χ1) is 10.7. The summed E-state index contributed by atoms with van der Waals surface area (Å²) in [5, 5.41) is 7.28. The lowest BCUT2D eigenvalue weighted by Crippen LogP contribution is -2.46. The van der Waals surface area contributed by atoms with Crippen molar-refractivity contribution in [2.45, 2.75) is 6.92 Å². The topological polar surface area (TPSA) is 57.3 Å². The van der Waals surface area contributed by atoms with Crippen molar-refractivity contribution in [3.63, 3.8) is 0 Å². The molecule has 0 unspecified atom stereocenters. The molecule has 5 nitrogen and oxygen atoms in total. The molecule has 2 N–H and O–H groups in total. The Kier molecular flexibility index (Phi) is 4.65. The van der Waals surface area contributed by atoms with Gasteiger partial charge in [0.2, 0.25) is 0 Å². The molecule has 2 aromatic rings. The van der Waals surface area contributed by atoms with Gasteiger partial charge in [-0.1, -0.05) is 18.2 Å². The van der Waals surface area contributed by atoms with Crippen molar-refractivity contribution >= 4 is 16.8 Å². The number of nitrogens with zero attached hydrogens (tertiary/aromatic N) is 2. The second-order valence-corrected chi connectivity index (χ2v) is 5.68. The number of aromatic nitrogens is 1. The fourth-order valence-electron chi connectivity index (χ4n) is 2.85. The zero-order chi connectivity index (χ0) is 15.4. The molecule has 0 spiro atoms. The third-order valence-corrected chi connectivity index (χ3v) is 4.01. The SMILES string of the molecule is Cc1cc(C(=O)NCCN2CCNCC2)c2ccccc2n1. The van der Waals surface area contributed by atoms with E-state index < -0.39 is 0 Å². The summed E-state index contributed by atoms with van der Waals surface area (Å²) >= 11 is 0. The molecule has 22 heavy (non-hydrogen) atoms. The summed E-state index contributed by atoms with van der Waals surface area (Å²) in [4.78, 5) is 19.3. The van der Waals surface area contributed by atoms with Gasteiger partial charge in [0.1, 0.15) is 0 Å². The minimum Gasteiger partial charge on any atom is -0.351 e. The molecule has 1 fully saturated rings. The van der Waals surface area contributed by atoms with Crippen LogP contribution >= 0.6 is 0 Å². The third kappa shape index (κ3) is 3.43. The number of para-hydroxylation sites is 1. The summed E-state index contributed by atoms with van der Waals surface area (Å²) in [6.07, 6.45) is 0. The highest BCUT2D eigenvalue weighted by Crippen LogP contribution is 2.17. The van der Waals surface area contributed by atoms with Crippen LogP contribution in [0.3, 0.4) is 0 Å². The first-order valence-electron chi connectivity index (χ1n) is 7.82. The number of fused-ring (bicyclic) bond motifs is 1. The van der Waals surface area contributed by atoms with E-state index in [2.05, 4.69) is 20.5 Å². The average Bonchev–Trinajstić information content (AvgIpc) is 2.55. The van der Waals surface area contributed by atoms with Gasteiger partial charge in [0, 0.05) is 50.3 Å². The number of nitrogens with one attached hydrogen (secondary N) is 2. The van der Waals surface area contributed by atoms with E-state index in [9.17, 15) is 4.79 Å². The van der Waals surface area contributed by atoms with Gasteiger partial charge in [-0.3, -0.25) is 14.7 Å². The Hall–Kier alpha value is -1.98. The molecular weight excluding hydrogens is 276 g/mol. The Morgan fingerprint density at radius 2 is 2.09 bits per heavy atom. The summed E-state index contributed by atoms with van der Waals surface area (Å²) in [5.41, 5.74) is 2.45. The molecule has 0 radical (unpaired) electrons. The van der Waals surface area contributed by atoms with Crippen LogP contribution in [-0.4, -0.2) is 55.1 Å². The van der Waals surface area contributed by atoms with Gasteiger partial charge < -0.3 is 10.6 Å². The van der Waals surface area contributed by atoms with Gasteiger partial charge in [-0.25, -0.2) is 0 Å². The molecule has 116 valence electrons. The highest BCUT2D eigenvalue weighted by Gasteiger charge is 2.13. The van der Waals surface area contributed by atoms with Gasteiger partial charge in [0.05, 0.1) is 11.1 Å². The number of aryl methyl sites for hydroxylation is 1. The van der Waals surface area contributed by atoms with Crippen LogP contribution in [0.4, 0.5) is 0 Å². The fraction of sp³-hybridized carbons (Fsp3) is 0.412. The predicted octanol–water partition coefficient (Wildman–Crippen LogP) is 1.18. The number of rotatable bonds is 4. The van der Waals surface area contributed by atoms with E-state index in [0.717, 1.165) is 49.3 Å². The molecule has 1 amide bonds. The van der Waals surface area contributed by atoms with Crippen LogP contribution in [-0.2, 0) is 0 Å². The molecule has 1 aromatic carbocycles. The van der Waals surface area contributed by atoms with Crippen molar-refractivity contribution in [2.75, 3.05) is 39.3 Å². The van der Waals surface area contributed by atoms with Crippen molar-refractivity contribution in [1.82, 2.24) is 20.5 Å². The van der Waals surface area contributed by atoms with Crippen LogP contribution in [0.5, 0.6) is 0 Å². The number of piperazine rings is 1. The maximum absolute atomic E-state index is 12.5. The molecule has 5 heteroatoms. The number of hydrogen-bond acceptors (Lipinski definition) is 4. The normalized spacial score (nSPS) is 15.9. The van der Waals surface area contributed by atoms with Crippen LogP contribution in [0, 0.1) is 6.92 Å². The molecule has 0 atom stereocenters. The molecule has 0 saturated carbocycles. The molecule has 1 aliphatic rings. The highest BCUT2D eigenvalue weighted by molar-refractivity contribution is 6.06. The second kappa shape index (κ2) is 6.85. The molecule has 0 bridgehead atoms. The molecule has 1 aromatic heterocycles. The number of amides is 1. The summed E-state index contributed by atoms with van der Waals surface area (Å²) in [6, 6.07) is 9.65. The number of hydrogen-bond donors (Lipinski definition) is 2. The molecule has 1 aliphatic heterocycles. The maximum Gasteiger partial charge on any atom is 0.252 e. The summed E-state index contributed by atoms with van der Waals surface area (Å²) in [6.45, 7) is 7.65. The molecule has 2 heterocycles. The van der Waals surface area contributed by atoms with Crippen molar-refractivity contribution in [3.05, 3.63) is 41.6 Å². The smallest absolute Gasteiger partial charge is 0.252 e. The summed E-state index contributed by atoms with van der Waals surface area (Å²) in [7, 11) is 0. The number of carbonyl (C=O) groups is 1. The molecule has 0 aliphatic carbocycles. The lowest BCUT2D eigenvalue weighted by atomic mass is 10.1. The maximum atomic E-state index is 12.5. The standard InChI is InChI=1S/C17H22N4O/c1-13-12-15(14-4-2-3-5-16(14)20-13)17(22)19-8-11-21-9-6-18-7-10-21/h2-5,12,18H,6-11H2,1H3,(H,19,22). The summed E-state index contributed by atoms with van der Waals surface area (Å²) in [5.74, 6) is -0.0168. The second-order valence-electron chi connectivity index (χ2n) is 5.68. The number of benzene rings is 1. The van der Waals surface area contributed by atoms with Gasteiger partial charge in [-0.05, 0) is 19.1 Å². The van der Waals surface area contributed by atoms with Crippen molar-refractivity contribution < 1.29 is 4.79 Å². The minimum absolute atomic E-state index is 0.0168. The zero-order valence-electron chi connectivity index (χ0n) is 12.9. The lowest BCUT2D eigenvalue weighted by molar-refractivity contribution is 0.0949. The van der Waals surface area contributed by atoms with Crippen molar-refractivity contribution in [3.8, 4) is 0 Å². The summed E-state index contributed by atoms with van der Waals surface area (Å²) < 4.78 is 0. The van der Waals surface area contributed by atoms with E-state index in [1.165, 1.54) is 0 Å². The Balaban J connectivity index is 1.67. The number of pyridine rings is 1. The van der Waals surface area contributed by atoms with Gasteiger partial charge in [0.15, 0.2) is 0 Å². The Morgan fingerprint density at radius 1 is 1.32 bits per heavy atom. The Bertz CT molecular complexity index is 665. The zero-order valence-corrected chi connectivity index (χ0v) is 12.9. The van der Waals surface area contributed by atoms with E-state index in [1.807, 2.05) is 37.3 Å². The van der Waals surface area contributed by atoms with E-state index in [4.69, 9.17) is 0 Å². The first-order valence-corrected chi connectivity index (χ1v) is 7.82. The molecule has 3 rings (SSSR count). The van der Waals surface area contributed by atoms with Gasteiger partial charge >= 0.3 is 0 Å². The third-order valence-electron chi connectivity index (χ3n) is 4.01. The Labute approximate surface area is 130 Å². The first kappa shape index (κ1) is 14.9. The largest absolute Gasteiger partial charge is 0.351 e. The van der Waals surface area contributed by atoms with E-state index in [1.54, 1.807) is 0 Å². The van der Waals surface area contributed by atoms with Gasteiger partial charge in [-0.15, -0.1) is 0 Å². The average molecular weight is 298 g/mol. The van der Waals surface area contributed by atoms with Crippen LogP contribution in [0.2, 0.25) is 0 Å². The predicted molar refractivity (Wildman–Crippen MR) is 88.1 cm³/mol. The highest BCUT2D eigenvalue weighted by atomic mass is 16.1. The van der Waals surface area contributed by atoms with E-state index >= 15 is 0 Å². The van der Waals surface area contributed by atoms with Crippen molar-refractivity contribution in [2.24, 2.45) is 0 Å². The molecule has 1 saturated heterocycles. The van der Waals surface area contributed by atoms with Crippen LogP contribution in [0.25, 0.3) is 10.9 Å². The number of carbonyl (C=O) groups excluding carboxylic acids is 1. The van der Waals surface area contributed by atoms with Crippen LogP contribution < -0.4 is 10.6 Å². The quantitative estimate of drug-likeness (QED) is 0.890. The Morgan fingerprint density at radius 3 is 2.91 bits per heavy atom. The van der Waals surface area contributed by atoms with Gasteiger partial charge in [0.25, 0.3) is 5.91 Å². The minimum atomic E-state index is -0.0168.